The Morgan fingerprint density at radius 1 is 0.935 bits per heavy atom. The second-order valence-electron chi connectivity index (χ2n) is 6.97. The Hall–Kier alpha value is -3.36. The van der Waals surface area contributed by atoms with Crippen molar-refractivity contribution in [2.45, 2.75) is 18.7 Å². The maximum absolute atomic E-state index is 12.9. The minimum atomic E-state index is -3.91. The molecule has 0 aliphatic rings. The van der Waals surface area contributed by atoms with Crippen molar-refractivity contribution in [2.24, 2.45) is 5.73 Å². The van der Waals surface area contributed by atoms with Crippen LogP contribution in [-0.2, 0) is 10.0 Å². The molecule has 2 amide bonds. The second-order valence-corrected chi connectivity index (χ2v) is 9.03. The third kappa shape index (κ3) is 5.22. The summed E-state index contributed by atoms with van der Waals surface area (Å²) in [7, 11) is -3.91. The highest BCUT2D eigenvalue weighted by Gasteiger charge is 2.20. The predicted molar refractivity (Wildman–Crippen MR) is 121 cm³/mol. The fourth-order valence-corrected chi connectivity index (χ4v) is 4.54. The van der Waals surface area contributed by atoms with Crippen LogP contribution in [0, 0.1) is 13.8 Å². The third-order valence-electron chi connectivity index (χ3n) is 4.50. The number of hydrogen-bond acceptors (Lipinski definition) is 4. The van der Waals surface area contributed by atoms with Gasteiger partial charge in [0.25, 0.3) is 15.9 Å². The van der Waals surface area contributed by atoms with Crippen LogP contribution in [0.1, 0.15) is 31.8 Å². The summed E-state index contributed by atoms with van der Waals surface area (Å²) in [6, 6.07) is 15.6. The molecule has 160 valence electrons. The zero-order valence-electron chi connectivity index (χ0n) is 16.8. The summed E-state index contributed by atoms with van der Waals surface area (Å²) in [5.74, 6) is -1.22. The SMILES string of the molecule is Cc1cccc(NS(=O)(=O)c2cc(C(=O)Nc3ccc(C(N)=O)c(Cl)c3)ccc2C)c1. The lowest BCUT2D eigenvalue weighted by Crippen LogP contribution is -2.17. The monoisotopic (exact) mass is 457 g/mol. The summed E-state index contributed by atoms with van der Waals surface area (Å²) in [6.07, 6.45) is 0. The van der Waals surface area contributed by atoms with Gasteiger partial charge in [-0.3, -0.25) is 14.3 Å². The van der Waals surface area contributed by atoms with Crippen LogP contribution in [0.4, 0.5) is 11.4 Å². The van der Waals surface area contributed by atoms with Gasteiger partial charge in [0, 0.05) is 16.9 Å². The van der Waals surface area contributed by atoms with Gasteiger partial charge >= 0.3 is 0 Å². The highest BCUT2D eigenvalue weighted by molar-refractivity contribution is 7.92. The van der Waals surface area contributed by atoms with Gasteiger partial charge in [-0.25, -0.2) is 8.42 Å². The highest BCUT2D eigenvalue weighted by atomic mass is 35.5. The number of anilines is 2. The largest absolute Gasteiger partial charge is 0.366 e. The first-order valence-electron chi connectivity index (χ1n) is 9.17. The number of nitrogens with two attached hydrogens (primary N) is 1. The number of sulfonamides is 1. The molecule has 0 spiro atoms. The molecule has 3 aromatic rings. The van der Waals surface area contributed by atoms with E-state index in [4.69, 9.17) is 17.3 Å². The first-order valence-corrected chi connectivity index (χ1v) is 11.0. The van der Waals surface area contributed by atoms with Crippen LogP contribution < -0.4 is 15.8 Å². The minimum absolute atomic E-state index is 0.0104. The van der Waals surface area contributed by atoms with E-state index in [2.05, 4.69) is 10.0 Å². The van der Waals surface area contributed by atoms with Crippen LogP contribution in [0.5, 0.6) is 0 Å². The summed E-state index contributed by atoms with van der Waals surface area (Å²) in [6.45, 7) is 3.51. The van der Waals surface area contributed by atoms with E-state index in [9.17, 15) is 18.0 Å². The Morgan fingerprint density at radius 2 is 1.68 bits per heavy atom. The van der Waals surface area contributed by atoms with Gasteiger partial charge in [0.15, 0.2) is 0 Å². The van der Waals surface area contributed by atoms with Crippen molar-refractivity contribution in [3.8, 4) is 0 Å². The summed E-state index contributed by atoms with van der Waals surface area (Å²) >= 11 is 6.01. The maximum atomic E-state index is 12.9. The maximum Gasteiger partial charge on any atom is 0.262 e. The lowest BCUT2D eigenvalue weighted by atomic mass is 10.1. The standard InChI is InChI=1S/C22H20ClN3O4S/c1-13-4-3-5-17(10-13)26-31(29,30)20-11-15(7-6-14(20)2)22(28)25-16-8-9-18(21(24)27)19(23)12-16/h3-12,26H,1-2H3,(H2,24,27)(H,25,28). The van der Waals surface area contributed by atoms with Crippen LogP contribution in [0.15, 0.2) is 65.6 Å². The number of amides is 2. The lowest BCUT2D eigenvalue weighted by molar-refractivity contribution is 0.0998. The molecule has 0 heterocycles. The van der Waals surface area contributed by atoms with E-state index < -0.39 is 21.8 Å². The lowest BCUT2D eigenvalue weighted by Gasteiger charge is -2.13. The number of nitrogens with one attached hydrogen (secondary N) is 2. The van der Waals surface area contributed by atoms with E-state index in [-0.39, 0.29) is 21.0 Å². The molecule has 0 aliphatic carbocycles. The number of hydrogen-bond donors (Lipinski definition) is 3. The van der Waals surface area contributed by atoms with Gasteiger partial charge in [0.1, 0.15) is 0 Å². The average Bonchev–Trinajstić information content (AvgIpc) is 2.67. The molecule has 0 radical (unpaired) electrons. The minimum Gasteiger partial charge on any atom is -0.366 e. The fraction of sp³-hybridized carbons (Fsp3) is 0.0909. The van der Waals surface area contributed by atoms with Crippen molar-refractivity contribution in [3.05, 3.63) is 87.9 Å². The quantitative estimate of drug-likeness (QED) is 0.516. The summed E-state index contributed by atoms with van der Waals surface area (Å²) in [5.41, 5.74) is 7.66. The number of carbonyl (C=O) groups excluding carboxylic acids is 2. The highest BCUT2D eigenvalue weighted by Crippen LogP contribution is 2.24. The van der Waals surface area contributed by atoms with E-state index in [0.29, 0.717) is 16.9 Å². The number of benzene rings is 3. The first-order chi connectivity index (χ1) is 14.6. The van der Waals surface area contributed by atoms with E-state index >= 15 is 0 Å². The molecule has 0 saturated carbocycles. The molecule has 9 heteroatoms. The Bertz CT molecular complexity index is 1290. The van der Waals surface area contributed by atoms with Gasteiger partial charge in [-0.2, -0.15) is 0 Å². The van der Waals surface area contributed by atoms with E-state index in [1.807, 2.05) is 13.0 Å². The Kier molecular flexibility index (Phi) is 6.33. The van der Waals surface area contributed by atoms with Gasteiger partial charge in [0.05, 0.1) is 15.5 Å². The van der Waals surface area contributed by atoms with Crippen LogP contribution >= 0.6 is 11.6 Å². The van der Waals surface area contributed by atoms with Gasteiger partial charge in [-0.05, 0) is 67.4 Å². The van der Waals surface area contributed by atoms with Crippen LogP contribution in [0.25, 0.3) is 0 Å². The number of carbonyl (C=O) groups is 2. The number of rotatable bonds is 6. The van der Waals surface area contributed by atoms with Crippen LogP contribution in [-0.4, -0.2) is 20.2 Å². The molecule has 0 saturated heterocycles. The third-order valence-corrected chi connectivity index (χ3v) is 6.34. The van der Waals surface area contributed by atoms with Crippen molar-refractivity contribution in [3.63, 3.8) is 0 Å². The molecule has 3 rings (SSSR count). The van der Waals surface area contributed by atoms with E-state index in [0.717, 1.165) is 5.56 Å². The molecule has 0 fully saturated rings. The molecule has 0 bridgehead atoms. The molecule has 3 aromatic carbocycles. The van der Waals surface area contributed by atoms with Crippen molar-refractivity contribution in [2.75, 3.05) is 10.0 Å². The Balaban J connectivity index is 1.87. The van der Waals surface area contributed by atoms with Gasteiger partial charge < -0.3 is 11.1 Å². The van der Waals surface area contributed by atoms with Crippen molar-refractivity contribution in [1.82, 2.24) is 0 Å². The average molecular weight is 458 g/mol. The molecule has 0 aromatic heterocycles. The van der Waals surface area contributed by atoms with Crippen LogP contribution in [0.3, 0.4) is 0 Å². The van der Waals surface area contributed by atoms with Crippen molar-refractivity contribution in [1.29, 1.82) is 0 Å². The number of primary amides is 1. The molecule has 0 unspecified atom stereocenters. The molecular formula is C22H20ClN3O4S. The molecule has 0 aliphatic heterocycles. The smallest absolute Gasteiger partial charge is 0.262 e. The number of halogens is 1. The summed E-state index contributed by atoms with van der Waals surface area (Å²) < 4.78 is 28.4. The molecule has 0 atom stereocenters. The molecule has 4 N–H and O–H groups in total. The van der Waals surface area contributed by atoms with Gasteiger partial charge in [0.2, 0.25) is 5.91 Å². The van der Waals surface area contributed by atoms with E-state index in [1.54, 1.807) is 31.2 Å². The Labute approximate surface area is 185 Å². The fourth-order valence-electron chi connectivity index (χ4n) is 2.95. The molecular weight excluding hydrogens is 438 g/mol. The molecule has 31 heavy (non-hydrogen) atoms. The Morgan fingerprint density at radius 3 is 2.32 bits per heavy atom. The summed E-state index contributed by atoms with van der Waals surface area (Å²) in [5, 5.41) is 2.73. The second kappa shape index (κ2) is 8.79. The van der Waals surface area contributed by atoms with Crippen molar-refractivity contribution < 1.29 is 18.0 Å². The van der Waals surface area contributed by atoms with Gasteiger partial charge in [-0.1, -0.05) is 29.8 Å². The van der Waals surface area contributed by atoms with Crippen LogP contribution in [0.2, 0.25) is 5.02 Å². The first kappa shape index (κ1) is 22.3. The van der Waals surface area contributed by atoms with Crippen molar-refractivity contribution >= 4 is 44.8 Å². The predicted octanol–water partition coefficient (Wildman–Crippen LogP) is 4.11. The topological polar surface area (TPSA) is 118 Å². The number of aryl methyl sites for hydroxylation is 2. The zero-order chi connectivity index (χ0) is 22.8. The normalized spacial score (nSPS) is 11.1. The zero-order valence-corrected chi connectivity index (χ0v) is 18.3. The van der Waals surface area contributed by atoms with E-state index in [1.165, 1.54) is 30.3 Å². The molecule has 7 nitrogen and oxygen atoms in total. The van der Waals surface area contributed by atoms with Gasteiger partial charge in [-0.15, -0.1) is 0 Å². The summed E-state index contributed by atoms with van der Waals surface area (Å²) in [4.78, 5) is 23.9.